The number of nitrogens with zero attached hydrogens (tertiary/aromatic N) is 1. The SMILES string of the molecule is CNS(=O)(=O)c1ccc(NC(=O)C2CC(=O)N(c3cccc(Cl)c3)C2)cc1. The average Bonchev–Trinajstić information content (AvgIpc) is 3.04. The summed E-state index contributed by atoms with van der Waals surface area (Å²) in [5.74, 6) is -0.942. The Balaban J connectivity index is 1.68. The number of anilines is 2. The first kappa shape index (κ1) is 19.3. The van der Waals surface area contributed by atoms with Crippen molar-refractivity contribution in [1.82, 2.24) is 4.72 Å². The van der Waals surface area contributed by atoms with E-state index in [0.29, 0.717) is 16.4 Å². The molecule has 1 aliphatic rings. The Morgan fingerprint density at radius 2 is 1.89 bits per heavy atom. The molecular weight excluding hydrogens is 390 g/mol. The lowest BCUT2D eigenvalue weighted by molar-refractivity contribution is -0.122. The smallest absolute Gasteiger partial charge is 0.240 e. The van der Waals surface area contributed by atoms with Crippen LogP contribution in [0, 0.1) is 5.92 Å². The molecule has 7 nitrogen and oxygen atoms in total. The van der Waals surface area contributed by atoms with Gasteiger partial charge in [-0.2, -0.15) is 0 Å². The lowest BCUT2D eigenvalue weighted by Crippen LogP contribution is -2.28. The zero-order valence-corrected chi connectivity index (χ0v) is 16.0. The highest BCUT2D eigenvalue weighted by Crippen LogP contribution is 2.28. The maximum atomic E-state index is 12.5. The number of benzene rings is 2. The third-order valence-corrected chi connectivity index (χ3v) is 5.98. The molecule has 0 spiro atoms. The van der Waals surface area contributed by atoms with Gasteiger partial charge in [0, 0.05) is 29.4 Å². The van der Waals surface area contributed by atoms with Crippen LogP contribution in [0.3, 0.4) is 0 Å². The molecule has 0 saturated carbocycles. The van der Waals surface area contributed by atoms with E-state index in [9.17, 15) is 18.0 Å². The normalized spacial score (nSPS) is 17.2. The van der Waals surface area contributed by atoms with Crippen LogP contribution in [0.15, 0.2) is 53.4 Å². The molecule has 0 bridgehead atoms. The zero-order valence-electron chi connectivity index (χ0n) is 14.5. The first-order valence-electron chi connectivity index (χ1n) is 8.20. The minimum atomic E-state index is -3.53. The molecule has 1 aliphatic heterocycles. The molecule has 0 aliphatic carbocycles. The fraction of sp³-hybridized carbons (Fsp3) is 0.222. The van der Waals surface area contributed by atoms with Crippen LogP contribution in [0.1, 0.15) is 6.42 Å². The second kappa shape index (κ2) is 7.67. The van der Waals surface area contributed by atoms with Gasteiger partial charge in [0.05, 0.1) is 10.8 Å². The molecule has 1 heterocycles. The van der Waals surface area contributed by atoms with Crippen molar-refractivity contribution in [1.29, 1.82) is 0 Å². The Morgan fingerprint density at radius 1 is 1.19 bits per heavy atom. The number of hydrogen-bond acceptors (Lipinski definition) is 4. The molecule has 9 heteroatoms. The summed E-state index contributed by atoms with van der Waals surface area (Å²) in [6.07, 6.45) is 0.102. The minimum absolute atomic E-state index is 0.102. The van der Waals surface area contributed by atoms with E-state index >= 15 is 0 Å². The number of carbonyl (C=O) groups excluding carboxylic acids is 2. The van der Waals surface area contributed by atoms with Gasteiger partial charge in [-0.05, 0) is 49.5 Å². The van der Waals surface area contributed by atoms with Gasteiger partial charge in [0.15, 0.2) is 0 Å². The van der Waals surface area contributed by atoms with Crippen molar-refractivity contribution >= 4 is 44.8 Å². The standard InChI is InChI=1S/C18H18ClN3O4S/c1-20-27(25,26)16-7-5-14(6-8-16)21-18(24)12-9-17(23)22(11-12)15-4-2-3-13(19)10-15/h2-8,10,12,20H,9,11H2,1H3,(H,21,24). The number of rotatable bonds is 5. The maximum absolute atomic E-state index is 12.5. The van der Waals surface area contributed by atoms with Crippen LogP contribution in [0.4, 0.5) is 11.4 Å². The van der Waals surface area contributed by atoms with Crippen LogP contribution in [-0.4, -0.2) is 33.8 Å². The molecule has 1 saturated heterocycles. The van der Waals surface area contributed by atoms with Crippen molar-refractivity contribution in [2.75, 3.05) is 23.8 Å². The highest BCUT2D eigenvalue weighted by atomic mass is 35.5. The Hall–Kier alpha value is -2.42. The summed E-state index contributed by atoms with van der Waals surface area (Å²) in [7, 11) is -2.21. The Bertz CT molecular complexity index is 976. The fourth-order valence-electron chi connectivity index (χ4n) is 2.86. The van der Waals surface area contributed by atoms with Gasteiger partial charge in [-0.1, -0.05) is 17.7 Å². The predicted molar refractivity (Wildman–Crippen MR) is 103 cm³/mol. The van der Waals surface area contributed by atoms with Crippen LogP contribution in [0.5, 0.6) is 0 Å². The predicted octanol–water partition coefficient (Wildman–Crippen LogP) is 2.24. The van der Waals surface area contributed by atoms with E-state index in [2.05, 4.69) is 10.0 Å². The Kier molecular flexibility index (Phi) is 5.50. The van der Waals surface area contributed by atoms with E-state index in [-0.39, 0.29) is 29.7 Å². The molecule has 2 aromatic carbocycles. The van der Waals surface area contributed by atoms with Crippen molar-refractivity contribution in [2.24, 2.45) is 5.92 Å². The highest BCUT2D eigenvalue weighted by Gasteiger charge is 2.35. The van der Waals surface area contributed by atoms with Crippen molar-refractivity contribution in [3.63, 3.8) is 0 Å². The Morgan fingerprint density at radius 3 is 2.52 bits per heavy atom. The molecule has 2 aromatic rings. The van der Waals surface area contributed by atoms with Gasteiger partial charge in [0.25, 0.3) is 0 Å². The van der Waals surface area contributed by atoms with Crippen LogP contribution >= 0.6 is 11.6 Å². The first-order valence-corrected chi connectivity index (χ1v) is 10.1. The summed E-state index contributed by atoms with van der Waals surface area (Å²) < 4.78 is 25.7. The summed E-state index contributed by atoms with van der Waals surface area (Å²) in [5, 5.41) is 3.24. The third kappa shape index (κ3) is 4.29. The van der Waals surface area contributed by atoms with Gasteiger partial charge in [-0.3, -0.25) is 9.59 Å². The average molecular weight is 408 g/mol. The molecule has 2 N–H and O–H groups in total. The summed E-state index contributed by atoms with van der Waals surface area (Å²) in [4.78, 5) is 26.4. The molecule has 1 atom stereocenters. The Labute approximate surface area is 162 Å². The number of hydrogen-bond donors (Lipinski definition) is 2. The van der Waals surface area contributed by atoms with E-state index < -0.39 is 15.9 Å². The number of sulfonamides is 1. The zero-order chi connectivity index (χ0) is 19.6. The second-order valence-electron chi connectivity index (χ2n) is 6.11. The lowest BCUT2D eigenvalue weighted by Gasteiger charge is -2.17. The topological polar surface area (TPSA) is 95.6 Å². The molecule has 2 amide bonds. The summed E-state index contributed by atoms with van der Waals surface area (Å²) >= 11 is 5.97. The fourth-order valence-corrected chi connectivity index (χ4v) is 3.77. The number of carbonyl (C=O) groups is 2. The summed E-state index contributed by atoms with van der Waals surface area (Å²) in [6.45, 7) is 0.261. The van der Waals surface area contributed by atoms with E-state index in [1.807, 2.05) is 0 Å². The van der Waals surface area contributed by atoms with Crippen molar-refractivity contribution in [3.8, 4) is 0 Å². The molecular formula is C18H18ClN3O4S. The van der Waals surface area contributed by atoms with Gasteiger partial charge < -0.3 is 10.2 Å². The van der Waals surface area contributed by atoms with Crippen LogP contribution in [0.25, 0.3) is 0 Å². The summed E-state index contributed by atoms with van der Waals surface area (Å²) in [5.41, 5.74) is 1.12. The quantitative estimate of drug-likeness (QED) is 0.794. The summed E-state index contributed by atoms with van der Waals surface area (Å²) in [6, 6.07) is 12.7. The molecule has 27 heavy (non-hydrogen) atoms. The molecule has 3 rings (SSSR count). The highest BCUT2D eigenvalue weighted by molar-refractivity contribution is 7.89. The monoisotopic (exact) mass is 407 g/mol. The van der Waals surface area contributed by atoms with Crippen LogP contribution < -0.4 is 14.9 Å². The van der Waals surface area contributed by atoms with Crippen LogP contribution in [0.2, 0.25) is 5.02 Å². The molecule has 142 valence electrons. The van der Waals surface area contributed by atoms with Gasteiger partial charge >= 0.3 is 0 Å². The first-order chi connectivity index (χ1) is 12.8. The molecule has 0 aromatic heterocycles. The van der Waals surface area contributed by atoms with E-state index in [1.54, 1.807) is 29.2 Å². The third-order valence-electron chi connectivity index (χ3n) is 4.32. The molecule has 1 unspecified atom stereocenters. The van der Waals surface area contributed by atoms with Gasteiger partial charge in [0.2, 0.25) is 21.8 Å². The number of halogens is 1. The van der Waals surface area contributed by atoms with Crippen LogP contribution in [-0.2, 0) is 19.6 Å². The van der Waals surface area contributed by atoms with Gasteiger partial charge in [-0.15, -0.1) is 0 Å². The van der Waals surface area contributed by atoms with E-state index in [1.165, 1.54) is 31.3 Å². The minimum Gasteiger partial charge on any atom is -0.326 e. The lowest BCUT2D eigenvalue weighted by atomic mass is 10.1. The number of nitrogens with one attached hydrogen (secondary N) is 2. The largest absolute Gasteiger partial charge is 0.326 e. The van der Waals surface area contributed by atoms with Crippen molar-refractivity contribution in [3.05, 3.63) is 53.6 Å². The maximum Gasteiger partial charge on any atom is 0.240 e. The van der Waals surface area contributed by atoms with E-state index in [4.69, 9.17) is 11.6 Å². The van der Waals surface area contributed by atoms with Crippen molar-refractivity contribution in [2.45, 2.75) is 11.3 Å². The van der Waals surface area contributed by atoms with Gasteiger partial charge in [0.1, 0.15) is 0 Å². The van der Waals surface area contributed by atoms with Crippen molar-refractivity contribution < 1.29 is 18.0 Å². The molecule has 0 radical (unpaired) electrons. The van der Waals surface area contributed by atoms with Gasteiger partial charge in [-0.25, -0.2) is 13.1 Å². The molecule has 1 fully saturated rings. The van der Waals surface area contributed by atoms with E-state index in [0.717, 1.165) is 0 Å². The number of amides is 2. The second-order valence-corrected chi connectivity index (χ2v) is 8.43.